The summed E-state index contributed by atoms with van der Waals surface area (Å²) in [4.78, 5) is 5.27. The molecular formula is C14H29N3O. The Morgan fingerprint density at radius 3 is 2.78 bits per heavy atom. The third-order valence-corrected chi connectivity index (χ3v) is 4.20. The summed E-state index contributed by atoms with van der Waals surface area (Å²) in [5, 5.41) is 0. The van der Waals surface area contributed by atoms with Crippen LogP contribution in [0.3, 0.4) is 0 Å². The van der Waals surface area contributed by atoms with Crippen molar-refractivity contribution in [3.05, 3.63) is 0 Å². The van der Waals surface area contributed by atoms with E-state index in [0.29, 0.717) is 6.04 Å². The third kappa shape index (κ3) is 4.50. The predicted octanol–water partition coefficient (Wildman–Crippen LogP) is 0.912. The van der Waals surface area contributed by atoms with E-state index in [9.17, 15) is 0 Å². The first kappa shape index (κ1) is 14.3. The fourth-order valence-corrected chi connectivity index (χ4v) is 3.07. The summed E-state index contributed by atoms with van der Waals surface area (Å²) in [6.07, 6.45) is 6.29. The van der Waals surface area contributed by atoms with Gasteiger partial charge in [0.05, 0.1) is 6.61 Å². The van der Waals surface area contributed by atoms with Gasteiger partial charge in [0, 0.05) is 25.7 Å². The molecule has 1 atom stereocenters. The van der Waals surface area contributed by atoms with Crippen molar-refractivity contribution in [2.45, 2.75) is 38.1 Å². The summed E-state index contributed by atoms with van der Waals surface area (Å²) >= 11 is 0. The summed E-state index contributed by atoms with van der Waals surface area (Å²) in [5.41, 5.74) is 5.55. The highest BCUT2D eigenvalue weighted by Gasteiger charge is 2.23. The molecule has 2 heterocycles. The molecular weight excluding hydrogens is 226 g/mol. The van der Waals surface area contributed by atoms with Gasteiger partial charge in [-0.15, -0.1) is 0 Å². The minimum atomic E-state index is 0.683. The molecule has 0 amide bonds. The van der Waals surface area contributed by atoms with Gasteiger partial charge in [-0.3, -0.25) is 4.90 Å². The van der Waals surface area contributed by atoms with Crippen molar-refractivity contribution in [3.63, 3.8) is 0 Å². The first-order valence-electron chi connectivity index (χ1n) is 7.64. The molecule has 0 spiro atoms. The summed E-state index contributed by atoms with van der Waals surface area (Å²) in [5.74, 6) is 0. The van der Waals surface area contributed by atoms with Gasteiger partial charge in [0.25, 0.3) is 0 Å². The zero-order chi connectivity index (χ0) is 12.6. The molecule has 18 heavy (non-hydrogen) atoms. The number of hydrogen-bond donors (Lipinski definition) is 1. The lowest BCUT2D eigenvalue weighted by molar-refractivity contribution is 0.0193. The first-order chi connectivity index (χ1) is 8.90. The van der Waals surface area contributed by atoms with Gasteiger partial charge in [0.2, 0.25) is 0 Å². The van der Waals surface area contributed by atoms with Crippen LogP contribution in [-0.4, -0.2) is 68.3 Å². The zero-order valence-electron chi connectivity index (χ0n) is 11.6. The van der Waals surface area contributed by atoms with Crippen LogP contribution in [0.2, 0.25) is 0 Å². The molecule has 2 fully saturated rings. The molecule has 0 aromatic carbocycles. The Morgan fingerprint density at radius 1 is 1.06 bits per heavy atom. The molecule has 2 saturated heterocycles. The van der Waals surface area contributed by atoms with Crippen LogP contribution in [0, 0.1) is 0 Å². The van der Waals surface area contributed by atoms with Gasteiger partial charge in [-0.2, -0.15) is 0 Å². The van der Waals surface area contributed by atoms with Crippen LogP contribution in [0.25, 0.3) is 0 Å². The zero-order valence-corrected chi connectivity index (χ0v) is 11.6. The summed E-state index contributed by atoms with van der Waals surface area (Å²) < 4.78 is 5.61. The highest BCUT2D eigenvalue weighted by atomic mass is 16.5. The average molecular weight is 255 g/mol. The van der Waals surface area contributed by atoms with Crippen LogP contribution in [0.5, 0.6) is 0 Å². The molecule has 4 nitrogen and oxygen atoms in total. The van der Waals surface area contributed by atoms with E-state index in [1.54, 1.807) is 0 Å². The molecule has 0 bridgehead atoms. The van der Waals surface area contributed by atoms with E-state index in [0.717, 1.165) is 26.2 Å². The van der Waals surface area contributed by atoms with Gasteiger partial charge >= 0.3 is 0 Å². The molecule has 0 radical (unpaired) electrons. The SMILES string of the molecule is NCCCCN1CCCN(C2CCCOC2)CC1. The van der Waals surface area contributed by atoms with Crippen molar-refractivity contribution in [1.29, 1.82) is 0 Å². The maximum absolute atomic E-state index is 5.61. The number of nitrogens with zero attached hydrogens (tertiary/aromatic N) is 2. The lowest BCUT2D eigenvalue weighted by Gasteiger charge is -2.33. The largest absolute Gasteiger partial charge is 0.380 e. The third-order valence-electron chi connectivity index (χ3n) is 4.20. The standard InChI is InChI=1S/C14H29N3O/c15-6-1-2-7-16-8-4-9-17(11-10-16)14-5-3-12-18-13-14/h14H,1-13,15H2. The van der Waals surface area contributed by atoms with Gasteiger partial charge < -0.3 is 15.4 Å². The van der Waals surface area contributed by atoms with E-state index in [1.807, 2.05) is 0 Å². The van der Waals surface area contributed by atoms with E-state index in [2.05, 4.69) is 9.80 Å². The van der Waals surface area contributed by atoms with Gasteiger partial charge in [0.15, 0.2) is 0 Å². The number of unbranched alkanes of at least 4 members (excludes halogenated alkanes) is 1. The summed E-state index contributed by atoms with van der Waals surface area (Å²) in [6, 6.07) is 0.683. The number of rotatable bonds is 5. The van der Waals surface area contributed by atoms with Crippen molar-refractivity contribution in [2.24, 2.45) is 5.73 Å². The molecule has 2 aliphatic rings. The van der Waals surface area contributed by atoms with E-state index >= 15 is 0 Å². The van der Waals surface area contributed by atoms with Crippen molar-refractivity contribution < 1.29 is 4.74 Å². The molecule has 0 aliphatic carbocycles. The Bertz CT molecular complexity index is 219. The van der Waals surface area contributed by atoms with Crippen LogP contribution < -0.4 is 5.73 Å². The van der Waals surface area contributed by atoms with Crippen LogP contribution >= 0.6 is 0 Å². The maximum Gasteiger partial charge on any atom is 0.0621 e. The highest BCUT2D eigenvalue weighted by molar-refractivity contribution is 4.78. The monoisotopic (exact) mass is 255 g/mol. The second-order valence-electron chi connectivity index (χ2n) is 5.60. The van der Waals surface area contributed by atoms with Crippen LogP contribution in [0.1, 0.15) is 32.1 Å². The molecule has 0 aromatic heterocycles. The van der Waals surface area contributed by atoms with Gasteiger partial charge in [-0.1, -0.05) is 0 Å². The molecule has 4 heteroatoms. The predicted molar refractivity (Wildman–Crippen MR) is 74.8 cm³/mol. The second-order valence-corrected chi connectivity index (χ2v) is 5.60. The van der Waals surface area contributed by atoms with Gasteiger partial charge in [-0.05, 0) is 58.3 Å². The molecule has 2 N–H and O–H groups in total. The van der Waals surface area contributed by atoms with Crippen molar-refractivity contribution in [1.82, 2.24) is 9.80 Å². The number of hydrogen-bond acceptors (Lipinski definition) is 4. The van der Waals surface area contributed by atoms with E-state index in [4.69, 9.17) is 10.5 Å². The van der Waals surface area contributed by atoms with Gasteiger partial charge in [0.1, 0.15) is 0 Å². The van der Waals surface area contributed by atoms with Crippen LogP contribution in [0.4, 0.5) is 0 Å². The quantitative estimate of drug-likeness (QED) is 0.742. The van der Waals surface area contributed by atoms with Crippen molar-refractivity contribution >= 4 is 0 Å². The molecule has 106 valence electrons. The summed E-state index contributed by atoms with van der Waals surface area (Å²) in [7, 11) is 0. The Morgan fingerprint density at radius 2 is 2.00 bits per heavy atom. The lowest BCUT2D eigenvalue weighted by Crippen LogP contribution is -2.43. The van der Waals surface area contributed by atoms with Crippen LogP contribution in [0.15, 0.2) is 0 Å². The van der Waals surface area contributed by atoms with Gasteiger partial charge in [-0.25, -0.2) is 0 Å². The Hall–Kier alpha value is -0.160. The topological polar surface area (TPSA) is 41.7 Å². The number of nitrogens with two attached hydrogens (primary N) is 1. The second kappa shape index (κ2) is 8.10. The summed E-state index contributed by atoms with van der Waals surface area (Å²) in [6.45, 7) is 8.93. The van der Waals surface area contributed by atoms with Crippen molar-refractivity contribution in [2.75, 3.05) is 52.5 Å². The normalized spacial score (nSPS) is 28.2. The minimum Gasteiger partial charge on any atom is -0.380 e. The number of ether oxygens (including phenoxy) is 1. The molecule has 1 unspecified atom stereocenters. The Labute approximate surface area is 111 Å². The average Bonchev–Trinajstić information content (AvgIpc) is 2.66. The Balaban J connectivity index is 1.70. The van der Waals surface area contributed by atoms with E-state index in [1.165, 1.54) is 58.4 Å². The maximum atomic E-state index is 5.61. The van der Waals surface area contributed by atoms with E-state index < -0.39 is 0 Å². The lowest BCUT2D eigenvalue weighted by atomic mass is 10.1. The molecule has 0 aromatic rings. The molecule has 2 rings (SSSR count). The smallest absolute Gasteiger partial charge is 0.0621 e. The van der Waals surface area contributed by atoms with Crippen LogP contribution in [-0.2, 0) is 4.74 Å². The fraction of sp³-hybridized carbons (Fsp3) is 1.00. The van der Waals surface area contributed by atoms with Crippen molar-refractivity contribution in [3.8, 4) is 0 Å². The minimum absolute atomic E-state index is 0.683. The van der Waals surface area contributed by atoms with E-state index in [-0.39, 0.29) is 0 Å². The molecule has 0 saturated carbocycles. The first-order valence-corrected chi connectivity index (χ1v) is 7.64. The Kier molecular flexibility index (Phi) is 6.41. The fourth-order valence-electron chi connectivity index (χ4n) is 3.07. The molecule has 2 aliphatic heterocycles. The highest BCUT2D eigenvalue weighted by Crippen LogP contribution is 2.15.